The Hall–Kier alpha value is -1.87. The maximum absolute atomic E-state index is 11.5. The van der Waals surface area contributed by atoms with Gasteiger partial charge in [-0.1, -0.05) is 30.3 Å². The third-order valence-electron chi connectivity index (χ3n) is 2.51. The van der Waals surface area contributed by atoms with Crippen molar-refractivity contribution in [3.63, 3.8) is 0 Å². The molecule has 88 valence electrons. The molecule has 2 aromatic carbocycles. The molecular formula is C14H15NO2. The van der Waals surface area contributed by atoms with Crippen LogP contribution in [0.2, 0.25) is 0 Å². The number of hydrogen-bond acceptors (Lipinski definition) is 2. The Morgan fingerprint density at radius 3 is 2.65 bits per heavy atom. The first kappa shape index (κ1) is 11.6. The van der Waals surface area contributed by atoms with Gasteiger partial charge in [-0.15, -0.1) is 0 Å². The molecule has 0 saturated carbocycles. The van der Waals surface area contributed by atoms with Crippen LogP contribution in [0.5, 0.6) is 0 Å². The summed E-state index contributed by atoms with van der Waals surface area (Å²) in [5, 5.41) is 14.1. The molecule has 0 heterocycles. The fourth-order valence-electron chi connectivity index (χ4n) is 1.75. The predicted octanol–water partition coefficient (Wildman–Crippen LogP) is 2.55. The first-order valence-corrected chi connectivity index (χ1v) is 5.62. The maximum atomic E-state index is 11.5. The van der Waals surface area contributed by atoms with Crippen molar-refractivity contribution >= 4 is 22.4 Å². The number of carbonyl (C=O) groups excluding carboxylic acids is 1. The molecule has 0 fully saturated rings. The lowest BCUT2D eigenvalue weighted by molar-refractivity contribution is -0.117. The Balaban J connectivity index is 2.17. The Bertz CT molecular complexity index is 534. The second-order valence-electron chi connectivity index (χ2n) is 4.16. The highest BCUT2D eigenvalue weighted by Gasteiger charge is 2.06. The maximum Gasteiger partial charge on any atom is 0.226 e. The molecule has 0 radical (unpaired) electrons. The van der Waals surface area contributed by atoms with Crippen LogP contribution in [0.4, 0.5) is 5.69 Å². The highest BCUT2D eigenvalue weighted by molar-refractivity contribution is 5.94. The predicted molar refractivity (Wildman–Crippen MR) is 68.9 cm³/mol. The summed E-state index contributed by atoms with van der Waals surface area (Å²) in [5.41, 5.74) is 0.759. The number of anilines is 1. The zero-order chi connectivity index (χ0) is 12.3. The van der Waals surface area contributed by atoms with E-state index in [1.54, 1.807) is 6.92 Å². The van der Waals surface area contributed by atoms with Crippen LogP contribution < -0.4 is 5.32 Å². The molecule has 0 aliphatic rings. The van der Waals surface area contributed by atoms with Crippen molar-refractivity contribution in [2.24, 2.45) is 0 Å². The minimum Gasteiger partial charge on any atom is -0.393 e. The minimum atomic E-state index is -0.615. The monoisotopic (exact) mass is 229 g/mol. The first-order chi connectivity index (χ1) is 8.15. The number of fused-ring (bicyclic) bond motifs is 1. The number of aliphatic hydroxyl groups is 1. The van der Waals surface area contributed by atoms with Crippen molar-refractivity contribution in [2.45, 2.75) is 19.4 Å². The van der Waals surface area contributed by atoms with Gasteiger partial charge < -0.3 is 10.4 Å². The second-order valence-corrected chi connectivity index (χ2v) is 4.16. The number of rotatable bonds is 3. The van der Waals surface area contributed by atoms with E-state index in [1.807, 2.05) is 42.5 Å². The number of carbonyl (C=O) groups is 1. The van der Waals surface area contributed by atoms with Gasteiger partial charge in [-0.25, -0.2) is 0 Å². The molecule has 3 nitrogen and oxygen atoms in total. The highest BCUT2D eigenvalue weighted by atomic mass is 16.3. The van der Waals surface area contributed by atoms with Crippen LogP contribution in [0, 0.1) is 0 Å². The van der Waals surface area contributed by atoms with Crippen LogP contribution in [0.15, 0.2) is 42.5 Å². The highest BCUT2D eigenvalue weighted by Crippen LogP contribution is 2.18. The van der Waals surface area contributed by atoms with Crippen LogP contribution in [-0.4, -0.2) is 17.1 Å². The number of aliphatic hydroxyl groups excluding tert-OH is 1. The lowest BCUT2D eigenvalue weighted by atomic mass is 10.1. The third kappa shape index (κ3) is 3.04. The molecule has 2 rings (SSSR count). The molecule has 0 spiro atoms. The molecule has 2 aromatic rings. The van der Waals surface area contributed by atoms with E-state index >= 15 is 0 Å². The molecule has 1 amide bonds. The van der Waals surface area contributed by atoms with Gasteiger partial charge in [0.05, 0.1) is 12.5 Å². The number of nitrogens with one attached hydrogen (secondary N) is 1. The van der Waals surface area contributed by atoms with Crippen molar-refractivity contribution < 1.29 is 9.90 Å². The average molecular weight is 229 g/mol. The smallest absolute Gasteiger partial charge is 0.226 e. The van der Waals surface area contributed by atoms with Crippen molar-refractivity contribution in [3.8, 4) is 0 Å². The summed E-state index contributed by atoms with van der Waals surface area (Å²) >= 11 is 0. The summed E-state index contributed by atoms with van der Waals surface area (Å²) in [7, 11) is 0. The molecule has 17 heavy (non-hydrogen) atoms. The fraction of sp³-hybridized carbons (Fsp3) is 0.214. The Morgan fingerprint density at radius 2 is 1.94 bits per heavy atom. The van der Waals surface area contributed by atoms with E-state index in [0.717, 1.165) is 16.5 Å². The Morgan fingerprint density at radius 1 is 1.24 bits per heavy atom. The zero-order valence-electron chi connectivity index (χ0n) is 9.68. The summed E-state index contributed by atoms with van der Waals surface area (Å²) in [5.74, 6) is -0.171. The molecule has 1 atom stereocenters. The van der Waals surface area contributed by atoms with Gasteiger partial charge in [0, 0.05) is 5.69 Å². The normalized spacial score (nSPS) is 12.4. The van der Waals surface area contributed by atoms with Gasteiger partial charge >= 0.3 is 0 Å². The molecule has 0 aromatic heterocycles. The second kappa shape index (κ2) is 4.97. The Kier molecular flexibility index (Phi) is 3.40. The van der Waals surface area contributed by atoms with Crippen LogP contribution in [0.3, 0.4) is 0 Å². The molecule has 0 bridgehead atoms. The summed E-state index contributed by atoms with van der Waals surface area (Å²) in [4.78, 5) is 11.5. The van der Waals surface area contributed by atoms with E-state index in [9.17, 15) is 4.79 Å². The van der Waals surface area contributed by atoms with E-state index < -0.39 is 6.10 Å². The lowest BCUT2D eigenvalue weighted by Gasteiger charge is -2.07. The van der Waals surface area contributed by atoms with Crippen molar-refractivity contribution in [2.75, 3.05) is 5.32 Å². The van der Waals surface area contributed by atoms with Crippen LogP contribution in [0.1, 0.15) is 13.3 Å². The molecule has 2 N–H and O–H groups in total. The SMILES string of the molecule is CC(O)CC(=O)Nc1ccc2ccccc2c1. The summed E-state index contributed by atoms with van der Waals surface area (Å²) in [6.45, 7) is 1.60. The number of benzene rings is 2. The fourth-order valence-corrected chi connectivity index (χ4v) is 1.75. The van der Waals surface area contributed by atoms with E-state index in [-0.39, 0.29) is 12.3 Å². The zero-order valence-corrected chi connectivity index (χ0v) is 9.68. The van der Waals surface area contributed by atoms with E-state index in [1.165, 1.54) is 0 Å². The topological polar surface area (TPSA) is 49.3 Å². The summed E-state index contributed by atoms with van der Waals surface area (Å²) in [6, 6.07) is 13.7. The third-order valence-corrected chi connectivity index (χ3v) is 2.51. The van der Waals surface area contributed by atoms with Gasteiger partial charge in [-0.2, -0.15) is 0 Å². The molecule has 0 aliphatic heterocycles. The summed E-state index contributed by atoms with van der Waals surface area (Å²) < 4.78 is 0. The van der Waals surface area contributed by atoms with Crippen LogP contribution >= 0.6 is 0 Å². The quantitative estimate of drug-likeness (QED) is 0.849. The Labute approximate surface area is 100 Å². The first-order valence-electron chi connectivity index (χ1n) is 5.62. The number of hydrogen-bond donors (Lipinski definition) is 2. The number of amides is 1. The van der Waals surface area contributed by atoms with Gasteiger partial charge in [-0.05, 0) is 29.8 Å². The molecule has 0 saturated heterocycles. The van der Waals surface area contributed by atoms with Gasteiger partial charge in [0.1, 0.15) is 0 Å². The van der Waals surface area contributed by atoms with Gasteiger partial charge in [0.25, 0.3) is 0 Å². The molecule has 1 unspecified atom stereocenters. The molecule has 0 aliphatic carbocycles. The van der Waals surface area contributed by atoms with Gasteiger partial charge in [-0.3, -0.25) is 4.79 Å². The van der Waals surface area contributed by atoms with Crippen LogP contribution in [-0.2, 0) is 4.79 Å². The van der Waals surface area contributed by atoms with E-state index in [4.69, 9.17) is 5.11 Å². The van der Waals surface area contributed by atoms with Crippen LogP contribution in [0.25, 0.3) is 10.8 Å². The van der Waals surface area contributed by atoms with Crippen molar-refractivity contribution in [1.29, 1.82) is 0 Å². The minimum absolute atomic E-state index is 0.118. The molecule has 3 heteroatoms. The molecular weight excluding hydrogens is 214 g/mol. The lowest BCUT2D eigenvalue weighted by Crippen LogP contribution is -2.17. The standard InChI is InChI=1S/C14H15NO2/c1-10(16)8-14(17)15-13-7-6-11-4-2-3-5-12(11)9-13/h2-7,9-10,16H,8H2,1H3,(H,15,17). The van der Waals surface area contributed by atoms with E-state index in [0.29, 0.717) is 0 Å². The van der Waals surface area contributed by atoms with Gasteiger partial charge in [0.15, 0.2) is 0 Å². The van der Waals surface area contributed by atoms with E-state index in [2.05, 4.69) is 5.32 Å². The summed E-state index contributed by atoms with van der Waals surface area (Å²) in [6.07, 6.45) is -0.497. The van der Waals surface area contributed by atoms with Gasteiger partial charge in [0.2, 0.25) is 5.91 Å². The average Bonchev–Trinajstić information content (AvgIpc) is 2.27. The van der Waals surface area contributed by atoms with Crippen molar-refractivity contribution in [3.05, 3.63) is 42.5 Å². The van der Waals surface area contributed by atoms with Crippen molar-refractivity contribution in [1.82, 2.24) is 0 Å². The largest absolute Gasteiger partial charge is 0.393 e.